The van der Waals surface area contributed by atoms with Gasteiger partial charge < -0.3 is 14.8 Å². The molecular formula is C18H22N2O3S. The van der Waals surface area contributed by atoms with Crippen LogP contribution in [0.4, 0.5) is 0 Å². The molecule has 0 bridgehead atoms. The molecule has 128 valence electrons. The molecular weight excluding hydrogens is 324 g/mol. The molecule has 1 saturated heterocycles. The first-order valence-electron chi connectivity index (χ1n) is 8.18. The minimum atomic E-state index is -0.0836. The van der Waals surface area contributed by atoms with Crippen LogP contribution in [-0.2, 0) is 11.3 Å². The smallest absolute Gasteiger partial charge is 0.251 e. The number of aryl methyl sites for hydroxylation is 1. The number of thiazole rings is 1. The first kappa shape index (κ1) is 16.9. The van der Waals surface area contributed by atoms with Crippen LogP contribution >= 0.6 is 11.3 Å². The van der Waals surface area contributed by atoms with Gasteiger partial charge in [-0.25, -0.2) is 4.98 Å². The fraction of sp³-hybridized carbons (Fsp3) is 0.444. The van der Waals surface area contributed by atoms with E-state index >= 15 is 0 Å². The van der Waals surface area contributed by atoms with E-state index in [0.29, 0.717) is 12.2 Å². The van der Waals surface area contributed by atoms with E-state index in [9.17, 15) is 4.79 Å². The molecule has 0 saturated carbocycles. The van der Waals surface area contributed by atoms with E-state index in [-0.39, 0.29) is 18.1 Å². The number of ether oxygens (including phenoxy) is 2. The largest absolute Gasteiger partial charge is 0.487 e. The quantitative estimate of drug-likeness (QED) is 0.871. The molecule has 1 N–H and O–H groups in total. The van der Waals surface area contributed by atoms with Gasteiger partial charge in [0.1, 0.15) is 12.4 Å². The summed E-state index contributed by atoms with van der Waals surface area (Å²) in [7, 11) is 0. The predicted molar refractivity (Wildman–Crippen MR) is 93.5 cm³/mol. The molecule has 1 fully saturated rings. The number of rotatable bonds is 6. The van der Waals surface area contributed by atoms with Crippen LogP contribution in [0.15, 0.2) is 29.6 Å². The molecule has 1 aromatic carbocycles. The molecule has 1 amide bonds. The zero-order valence-electron chi connectivity index (χ0n) is 14.0. The molecule has 6 heteroatoms. The minimum Gasteiger partial charge on any atom is -0.487 e. The van der Waals surface area contributed by atoms with Crippen LogP contribution in [0.1, 0.15) is 40.8 Å². The van der Waals surface area contributed by atoms with Crippen molar-refractivity contribution in [1.29, 1.82) is 0 Å². The molecule has 0 spiro atoms. The molecule has 2 unspecified atom stereocenters. The number of carbonyl (C=O) groups is 1. The van der Waals surface area contributed by atoms with Crippen LogP contribution in [0.3, 0.4) is 0 Å². The molecule has 0 aliphatic carbocycles. The van der Waals surface area contributed by atoms with E-state index in [1.165, 1.54) is 0 Å². The van der Waals surface area contributed by atoms with Crippen molar-refractivity contribution in [3.63, 3.8) is 0 Å². The summed E-state index contributed by atoms with van der Waals surface area (Å²) in [5.74, 6) is 0.643. The van der Waals surface area contributed by atoms with Crippen molar-refractivity contribution in [3.8, 4) is 5.75 Å². The Morgan fingerprint density at radius 2 is 2.25 bits per heavy atom. The van der Waals surface area contributed by atoms with Crippen molar-refractivity contribution in [2.24, 2.45) is 0 Å². The highest BCUT2D eigenvalue weighted by atomic mass is 32.1. The van der Waals surface area contributed by atoms with Gasteiger partial charge in [0.05, 0.1) is 22.8 Å². The standard InChI is InChI=1S/C18H22N2O3S/c1-12(17-4-3-9-22-17)19-18(21)14-5-7-16(8-6-14)23-10-15-11-24-13(2)20-15/h5-8,11-12,17H,3-4,9-10H2,1-2H3,(H,19,21). The Hall–Kier alpha value is -1.92. The highest BCUT2D eigenvalue weighted by Gasteiger charge is 2.23. The Bertz CT molecular complexity index is 678. The van der Waals surface area contributed by atoms with E-state index in [1.807, 2.05) is 31.4 Å². The maximum Gasteiger partial charge on any atom is 0.251 e. The summed E-state index contributed by atoms with van der Waals surface area (Å²) in [6.45, 7) is 5.18. The van der Waals surface area contributed by atoms with Crippen LogP contribution in [0, 0.1) is 6.92 Å². The Labute approximate surface area is 146 Å². The second-order valence-electron chi connectivity index (χ2n) is 5.98. The fourth-order valence-corrected chi connectivity index (χ4v) is 3.31. The van der Waals surface area contributed by atoms with Crippen molar-refractivity contribution in [2.45, 2.75) is 45.4 Å². The summed E-state index contributed by atoms with van der Waals surface area (Å²) >= 11 is 1.61. The molecule has 1 aromatic heterocycles. The first-order chi connectivity index (χ1) is 11.6. The minimum absolute atomic E-state index is 0.0174. The van der Waals surface area contributed by atoms with Gasteiger partial charge >= 0.3 is 0 Å². The summed E-state index contributed by atoms with van der Waals surface area (Å²) in [4.78, 5) is 16.6. The predicted octanol–water partition coefficient (Wildman–Crippen LogP) is 3.33. The second-order valence-corrected chi connectivity index (χ2v) is 7.05. The summed E-state index contributed by atoms with van der Waals surface area (Å²) in [5, 5.41) is 6.02. The van der Waals surface area contributed by atoms with E-state index in [2.05, 4.69) is 10.3 Å². The number of hydrogen-bond acceptors (Lipinski definition) is 5. The third-order valence-corrected chi connectivity index (χ3v) is 4.87. The zero-order chi connectivity index (χ0) is 16.9. The molecule has 2 aromatic rings. The van der Waals surface area contributed by atoms with Crippen molar-refractivity contribution in [3.05, 3.63) is 45.9 Å². The monoisotopic (exact) mass is 346 g/mol. The zero-order valence-corrected chi connectivity index (χ0v) is 14.8. The summed E-state index contributed by atoms with van der Waals surface area (Å²) in [5.41, 5.74) is 1.54. The molecule has 1 aliphatic heterocycles. The lowest BCUT2D eigenvalue weighted by molar-refractivity contribution is 0.0712. The van der Waals surface area contributed by atoms with Crippen LogP contribution < -0.4 is 10.1 Å². The topological polar surface area (TPSA) is 60.5 Å². The van der Waals surface area contributed by atoms with Crippen LogP contribution in [0.5, 0.6) is 5.75 Å². The van der Waals surface area contributed by atoms with Gasteiger partial charge in [-0.2, -0.15) is 0 Å². The van der Waals surface area contributed by atoms with Crippen molar-refractivity contribution in [2.75, 3.05) is 6.61 Å². The molecule has 3 rings (SSSR count). The summed E-state index contributed by atoms with van der Waals surface area (Å²) < 4.78 is 11.3. The average Bonchev–Trinajstić information content (AvgIpc) is 3.25. The van der Waals surface area contributed by atoms with Crippen LogP contribution in [0.25, 0.3) is 0 Å². The summed E-state index contributed by atoms with van der Waals surface area (Å²) in [6.07, 6.45) is 2.19. The van der Waals surface area contributed by atoms with Gasteiger partial charge in [0.2, 0.25) is 0 Å². The molecule has 2 heterocycles. The molecule has 1 aliphatic rings. The SMILES string of the molecule is Cc1nc(COc2ccc(C(=O)NC(C)C3CCCO3)cc2)cs1. The number of benzene rings is 1. The maximum atomic E-state index is 12.3. The maximum absolute atomic E-state index is 12.3. The van der Waals surface area contributed by atoms with E-state index < -0.39 is 0 Å². The van der Waals surface area contributed by atoms with Gasteiger partial charge in [-0.3, -0.25) is 4.79 Å². The third-order valence-electron chi connectivity index (χ3n) is 4.05. The Morgan fingerprint density at radius 3 is 2.88 bits per heavy atom. The average molecular weight is 346 g/mol. The Kier molecular flexibility index (Phi) is 5.48. The second kappa shape index (κ2) is 7.77. The van der Waals surface area contributed by atoms with Gasteiger partial charge in [0.25, 0.3) is 5.91 Å². The fourth-order valence-electron chi connectivity index (χ4n) is 2.71. The van der Waals surface area contributed by atoms with Crippen molar-refractivity contribution in [1.82, 2.24) is 10.3 Å². The van der Waals surface area contributed by atoms with E-state index in [0.717, 1.165) is 35.9 Å². The highest BCUT2D eigenvalue weighted by Crippen LogP contribution is 2.18. The Balaban J connectivity index is 1.52. The lowest BCUT2D eigenvalue weighted by Crippen LogP contribution is -2.40. The van der Waals surface area contributed by atoms with Crippen LogP contribution in [0.2, 0.25) is 0 Å². The third kappa shape index (κ3) is 4.33. The first-order valence-corrected chi connectivity index (χ1v) is 9.06. The number of nitrogens with one attached hydrogen (secondary N) is 1. The van der Waals surface area contributed by atoms with Gasteiger partial charge in [-0.1, -0.05) is 0 Å². The van der Waals surface area contributed by atoms with Gasteiger partial charge in [0.15, 0.2) is 0 Å². The van der Waals surface area contributed by atoms with E-state index in [4.69, 9.17) is 9.47 Å². The number of amides is 1. The van der Waals surface area contributed by atoms with Gasteiger partial charge in [-0.05, 0) is 51.0 Å². The van der Waals surface area contributed by atoms with Crippen molar-refractivity contribution < 1.29 is 14.3 Å². The molecule has 0 radical (unpaired) electrons. The van der Waals surface area contributed by atoms with Gasteiger partial charge in [0, 0.05) is 17.6 Å². The molecule has 2 atom stereocenters. The van der Waals surface area contributed by atoms with Crippen LogP contribution in [-0.4, -0.2) is 29.6 Å². The lowest BCUT2D eigenvalue weighted by atomic mass is 10.1. The number of carbonyl (C=O) groups excluding carboxylic acids is 1. The number of nitrogens with zero attached hydrogens (tertiary/aromatic N) is 1. The summed E-state index contributed by atoms with van der Waals surface area (Å²) in [6, 6.07) is 7.19. The lowest BCUT2D eigenvalue weighted by Gasteiger charge is -2.20. The van der Waals surface area contributed by atoms with Crippen molar-refractivity contribution >= 4 is 17.2 Å². The molecule has 5 nitrogen and oxygen atoms in total. The number of aromatic nitrogens is 1. The number of hydrogen-bond donors (Lipinski definition) is 1. The van der Waals surface area contributed by atoms with E-state index in [1.54, 1.807) is 23.5 Å². The highest BCUT2D eigenvalue weighted by molar-refractivity contribution is 7.09. The normalized spacial score (nSPS) is 18.3. The van der Waals surface area contributed by atoms with Gasteiger partial charge in [-0.15, -0.1) is 11.3 Å². The Morgan fingerprint density at radius 1 is 1.46 bits per heavy atom. The molecule has 24 heavy (non-hydrogen) atoms.